The number of benzene rings is 2. The fourth-order valence-corrected chi connectivity index (χ4v) is 2.37. The monoisotopic (exact) mass is 338 g/mol. The van der Waals surface area contributed by atoms with E-state index in [9.17, 15) is 4.39 Å². The van der Waals surface area contributed by atoms with Gasteiger partial charge in [-0.25, -0.2) is 9.37 Å². The van der Waals surface area contributed by atoms with Crippen molar-refractivity contribution in [3.05, 3.63) is 84.2 Å². The second-order valence-corrected chi connectivity index (χ2v) is 5.62. The van der Waals surface area contributed by atoms with Crippen LogP contribution in [0.5, 0.6) is 5.75 Å². The molecule has 25 heavy (non-hydrogen) atoms. The summed E-state index contributed by atoms with van der Waals surface area (Å²) in [5.74, 6) is 1.02. The Bertz CT molecular complexity index is 859. The van der Waals surface area contributed by atoms with Crippen LogP contribution < -0.4 is 4.74 Å². The van der Waals surface area contributed by atoms with Gasteiger partial charge in [-0.1, -0.05) is 30.3 Å². The summed E-state index contributed by atoms with van der Waals surface area (Å²) in [6.07, 6.45) is 5.18. The van der Waals surface area contributed by atoms with E-state index in [1.54, 1.807) is 35.7 Å². The van der Waals surface area contributed by atoms with Crippen molar-refractivity contribution in [2.45, 2.75) is 6.61 Å². The van der Waals surface area contributed by atoms with Crippen molar-refractivity contribution in [3.8, 4) is 5.75 Å². The van der Waals surface area contributed by atoms with Crippen molar-refractivity contribution in [3.63, 3.8) is 0 Å². The van der Waals surface area contributed by atoms with Gasteiger partial charge in [0, 0.05) is 32.1 Å². The lowest BCUT2D eigenvalue weighted by Gasteiger charge is -2.16. The first-order chi connectivity index (χ1) is 12.1. The molecule has 5 nitrogen and oxygen atoms in total. The van der Waals surface area contributed by atoms with Crippen molar-refractivity contribution < 1.29 is 9.13 Å². The van der Waals surface area contributed by atoms with Gasteiger partial charge in [0.2, 0.25) is 0 Å². The molecule has 0 saturated carbocycles. The first-order valence-corrected chi connectivity index (χ1v) is 7.85. The molecule has 1 heterocycles. The number of aromatic nitrogens is 2. The van der Waals surface area contributed by atoms with Crippen LogP contribution in [0.4, 0.5) is 4.39 Å². The quantitative estimate of drug-likeness (QED) is 0.407. The highest BCUT2D eigenvalue weighted by atomic mass is 19.1. The van der Waals surface area contributed by atoms with Gasteiger partial charge in [0.15, 0.2) is 5.84 Å². The van der Waals surface area contributed by atoms with Crippen molar-refractivity contribution in [1.29, 1.82) is 0 Å². The lowest BCUT2D eigenvalue weighted by Crippen LogP contribution is -2.18. The number of hydrazone groups is 1. The van der Waals surface area contributed by atoms with Crippen LogP contribution >= 0.6 is 0 Å². The van der Waals surface area contributed by atoms with Crippen molar-refractivity contribution in [1.82, 2.24) is 14.6 Å². The molecule has 0 saturated heterocycles. The highest BCUT2D eigenvalue weighted by Gasteiger charge is 2.13. The summed E-state index contributed by atoms with van der Waals surface area (Å²) in [5.41, 5.74) is 1.30. The fraction of sp³-hybridized carbons (Fsp3) is 0.158. The summed E-state index contributed by atoms with van der Waals surface area (Å²) in [7, 11) is 3.69. The fourth-order valence-electron chi connectivity index (χ4n) is 2.37. The van der Waals surface area contributed by atoms with E-state index in [4.69, 9.17) is 4.74 Å². The normalized spacial score (nSPS) is 11.4. The number of hydrogen-bond donors (Lipinski definition) is 0. The molecular formula is C19H19FN4O. The van der Waals surface area contributed by atoms with Crippen LogP contribution in [0.2, 0.25) is 0 Å². The molecule has 2 aromatic carbocycles. The molecule has 3 aromatic rings. The van der Waals surface area contributed by atoms with Crippen LogP contribution in [0, 0.1) is 5.82 Å². The molecule has 128 valence electrons. The molecule has 0 bridgehead atoms. The largest absolute Gasteiger partial charge is 0.488 e. The lowest BCUT2D eigenvalue weighted by molar-refractivity contribution is 0.299. The first kappa shape index (κ1) is 16.7. The highest BCUT2D eigenvalue weighted by Crippen LogP contribution is 2.22. The SMILES string of the molecule is CN(C)/N=C(\c1ccccc1OCc1ccccc1F)n1ccnc1. The summed E-state index contributed by atoms with van der Waals surface area (Å²) >= 11 is 0. The van der Waals surface area contributed by atoms with E-state index in [-0.39, 0.29) is 12.4 Å². The van der Waals surface area contributed by atoms with Crippen molar-refractivity contribution in [2.75, 3.05) is 14.1 Å². The molecular weight excluding hydrogens is 319 g/mol. The van der Waals surface area contributed by atoms with E-state index in [1.807, 2.05) is 49.1 Å². The Kier molecular flexibility index (Phi) is 5.09. The van der Waals surface area contributed by atoms with Crippen molar-refractivity contribution in [2.24, 2.45) is 5.10 Å². The van der Waals surface area contributed by atoms with E-state index >= 15 is 0 Å². The minimum absolute atomic E-state index is 0.142. The predicted molar refractivity (Wildman–Crippen MR) is 95.0 cm³/mol. The maximum Gasteiger partial charge on any atom is 0.168 e. The number of halogens is 1. The Labute approximate surface area is 146 Å². The molecule has 3 rings (SSSR count). The van der Waals surface area contributed by atoms with Crippen LogP contribution in [-0.2, 0) is 6.61 Å². The number of imidazole rings is 1. The van der Waals surface area contributed by atoms with Gasteiger partial charge in [-0.2, -0.15) is 5.10 Å². The molecule has 0 aliphatic heterocycles. The molecule has 0 radical (unpaired) electrons. The lowest BCUT2D eigenvalue weighted by atomic mass is 10.1. The highest BCUT2D eigenvalue weighted by molar-refractivity contribution is 6.02. The van der Waals surface area contributed by atoms with Crippen LogP contribution in [0.15, 0.2) is 72.4 Å². The molecule has 6 heteroatoms. The summed E-state index contributed by atoms with van der Waals surface area (Å²) in [4.78, 5) is 4.08. The molecule has 0 spiro atoms. The topological polar surface area (TPSA) is 42.6 Å². The number of nitrogens with zero attached hydrogens (tertiary/aromatic N) is 4. The van der Waals surface area contributed by atoms with Crippen LogP contribution in [-0.4, -0.2) is 34.5 Å². The van der Waals surface area contributed by atoms with E-state index in [2.05, 4.69) is 10.1 Å². The van der Waals surface area contributed by atoms with E-state index < -0.39 is 0 Å². The van der Waals surface area contributed by atoms with Crippen LogP contribution in [0.3, 0.4) is 0 Å². The van der Waals surface area contributed by atoms with Gasteiger partial charge in [-0.05, 0) is 18.2 Å². The Balaban J connectivity index is 1.93. The van der Waals surface area contributed by atoms with Crippen LogP contribution in [0.1, 0.15) is 11.1 Å². The first-order valence-electron chi connectivity index (χ1n) is 7.85. The summed E-state index contributed by atoms with van der Waals surface area (Å²) in [6.45, 7) is 0.142. The van der Waals surface area contributed by atoms with Gasteiger partial charge in [0.05, 0.1) is 5.56 Å². The smallest absolute Gasteiger partial charge is 0.168 e. The maximum absolute atomic E-state index is 13.8. The third-order valence-electron chi connectivity index (χ3n) is 3.51. The second kappa shape index (κ2) is 7.61. The third kappa shape index (κ3) is 4.03. The third-order valence-corrected chi connectivity index (χ3v) is 3.51. The van der Waals surface area contributed by atoms with E-state index in [0.29, 0.717) is 17.1 Å². The number of para-hydroxylation sites is 1. The molecule has 0 amide bonds. The van der Waals surface area contributed by atoms with Gasteiger partial charge in [0.25, 0.3) is 0 Å². The Morgan fingerprint density at radius 1 is 1.16 bits per heavy atom. The zero-order valence-electron chi connectivity index (χ0n) is 14.1. The van der Waals surface area contributed by atoms with Crippen LogP contribution in [0.25, 0.3) is 0 Å². The second-order valence-electron chi connectivity index (χ2n) is 5.62. The predicted octanol–water partition coefficient (Wildman–Crippen LogP) is 3.37. The van der Waals surface area contributed by atoms with Crippen molar-refractivity contribution >= 4 is 5.84 Å². The summed E-state index contributed by atoms with van der Waals surface area (Å²) < 4.78 is 21.5. The van der Waals surface area contributed by atoms with Gasteiger partial charge in [-0.3, -0.25) is 4.57 Å². The Hall–Kier alpha value is -3.15. The zero-order valence-corrected chi connectivity index (χ0v) is 14.1. The molecule has 0 unspecified atom stereocenters. The molecule has 0 fully saturated rings. The average molecular weight is 338 g/mol. The van der Waals surface area contributed by atoms with E-state index in [1.165, 1.54) is 6.07 Å². The Morgan fingerprint density at radius 2 is 1.92 bits per heavy atom. The van der Waals surface area contributed by atoms with Gasteiger partial charge >= 0.3 is 0 Å². The summed E-state index contributed by atoms with van der Waals surface area (Å²) in [6, 6.07) is 14.1. The Morgan fingerprint density at radius 3 is 2.64 bits per heavy atom. The molecule has 0 aliphatic carbocycles. The summed E-state index contributed by atoms with van der Waals surface area (Å²) in [5, 5.41) is 6.25. The maximum atomic E-state index is 13.8. The standard InChI is InChI=1S/C19H19FN4O/c1-23(2)22-19(24-12-11-21-14-24)16-8-4-6-10-18(16)25-13-15-7-3-5-9-17(15)20/h3-12,14H,13H2,1-2H3/b22-19+. The number of rotatable bonds is 5. The molecule has 0 atom stereocenters. The minimum atomic E-state index is -0.281. The van der Waals surface area contributed by atoms with Gasteiger partial charge in [0.1, 0.15) is 24.5 Å². The zero-order chi connectivity index (χ0) is 17.6. The van der Waals surface area contributed by atoms with Gasteiger partial charge in [-0.15, -0.1) is 0 Å². The average Bonchev–Trinajstić information content (AvgIpc) is 3.14. The number of hydrogen-bond acceptors (Lipinski definition) is 4. The van der Waals surface area contributed by atoms with E-state index in [0.717, 1.165) is 5.56 Å². The minimum Gasteiger partial charge on any atom is -0.488 e. The number of ether oxygens (including phenoxy) is 1. The molecule has 0 aliphatic rings. The molecule has 0 N–H and O–H groups in total. The molecule has 1 aromatic heterocycles. The van der Waals surface area contributed by atoms with Gasteiger partial charge < -0.3 is 9.75 Å².